The lowest BCUT2D eigenvalue weighted by atomic mass is 10.0. The van der Waals surface area contributed by atoms with Gasteiger partial charge < -0.3 is 15.4 Å². The van der Waals surface area contributed by atoms with Crippen molar-refractivity contribution >= 4 is 21.9 Å². The number of nitrogens with one attached hydrogen (secondary N) is 2. The highest BCUT2D eigenvalue weighted by Gasteiger charge is 2.23. The van der Waals surface area contributed by atoms with Crippen LogP contribution in [0.3, 0.4) is 0 Å². The van der Waals surface area contributed by atoms with Gasteiger partial charge in [-0.05, 0) is 23.6 Å². The highest BCUT2D eigenvalue weighted by atomic mass is 79.9. The van der Waals surface area contributed by atoms with Crippen molar-refractivity contribution in [2.75, 3.05) is 39.9 Å². The zero-order valence-corrected chi connectivity index (χ0v) is 16.5. The summed E-state index contributed by atoms with van der Waals surface area (Å²) < 4.78 is 6.57. The van der Waals surface area contributed by atoms with E-state index in [4.69, 9.17) is 4.74 Å². The number of hydrogen-bond acceptors (Lipinski definition) is 3. The maximum Gasteiger partial charge on any atom is 0.191 e. The van der Waals surface area contributed by atoms with Gasteiger partial charge >= 0.3 is 0 Å². The fourth-order valence-electron chi connectivity index (χ4n) is 2.91. The molecular formula is C18H29BrN4O. The van der Waals surface area contributed by atoms with E-state index in [-0.39, 0.29) is 0 Å². The molecule has 0 saturated carbocycles. The summed E-state index contributed by atoms with van der Waals surface area (Å²) in [7, 11) is 1.82. The van der Waals surface area contributed by atoms with Crippen molar-refractivity contribution in [3.8, 4) is 0 Å². The molecule has 134 valence electrons. The summed E-state index contributed by atoms with van der Waals surface area (Å²) in [5.41, 5.74) is 1.23. The van der Waals surface area contributed by atoms with E-state index in [1.807, 2.05) is 7.05 Å². The molecule has 0 aliphatic carbocycles. The number of benzene rings is 1. The molecule has 0 bridgehead atoms. The van der Waals surface area contributed by atoms with Crippen LogP contribution in [-0.2, 0) is 11.3 Å². The molecule has 1 aromatic carbocycles. The third-order valence-electron chi connectivity index (χ3n) is 4.36. The summed E-state index contributed by atoms with van der Waals surface area (Å²) in [5, 5.41) is 6.86. The molecule has 0 spiro atoms. The summed E-state index contributed by atoms with van der Waals surface area (Å²) in [5.74, 6) is 1.43. The molecule has 6 heteroatoms. The van der Waals surface area contributed by atoms with E-state index >= 15 is 0 Å². The molecule has 1 atom stereocenters. The first-order valence-electron chi connectivity index (χ1n) is 8.61. The van der Waals surface area contributed by atoms with Crippen molar-refractivity contribution < 1.29 is 4.74 Å². The van der Waals surface area contributed by atoms with Gasteiger partial charge in [-0.25, -0.2) is 0 Å². The van der Waals surface area contributed by atoms with E-state index < -0.39 is 0 Å². The first kappa shape index (κ1) is 19.2. The molecule has 0 aromatic heterocycles. The van der Waals surface area contributed by atoms with Crippen LogP contribution < -0.4 is 10.6 Å². The Balaban J connectivity index is 1.83. The summed E-state index contributed by atoms with van der Waals surface area (Å²) in [6.07, 6.45) is 0. The first-order chi connectivity index (χ1) is 11.6. The molecule has 5 nitrogen and oxygen atoms in total. The Kier molecular flexibility index (Phi) is 8.02. The number of rotatable bonds is 6. The van der Waals surface area contributed by atoms with E-state index in [0.717, 1.165) is 49.8 Å². The van der Waals surface area contributed by atoms with E-state index in [1.54, 1.807) is 0 Å². The predicted molar refractivity (Wildman–Crippen MR) is 103 cm³/mol. The minimum atomic E-state index is 0.486. The van der Waals surface area contributed by atoms with Gasteiger partial charge in [0, 0.05) is 43.7 Å². The molecule has 2 N–H and O–H groups in total. The number of guanidine groups is 1. The summed E-state index contributed by atoms with van der Waals surface area (Å²) in [6.45, 7) is 9.89. The summed E-state index contributed by atoms with van der Waals surface area (Å²) in [6, 6.07) is 8.81. The van der Waals surface area contributed by atoms with Crippen LogP contribution in [0.25, 0.3) is 0 Å². The molecule has 1 heterocycles. The van der Waals surface area contributed by atoms with Crippen LogP contribution in [0.2, 0.25) is 0 Å². The van der Waals surface area contributed by atoms with Crippen LogP contribution in [0.4, 0.5) is 0 Å². The van der Waals surface area contributed by atoms with Crippen molar-refractivity contribution in [1.82, 2.24) is 15.5 Å². The van der Waals surface area contributed by atoms with E-state index in [1.165, 1.54) is 5.56 Å². The normalized spacial score (nSPS) is 17.8. The average Bonchev–Trinajstić information content (AvgIpc) is 2.60. The van der Waals surface area contributed by atoms with Crippen molar-refractivity contribution in [1.29, 1.82) is 0 Å². The minimum absolute atomic E-state index is 0.486. The van der Waals surface area contributed by atoms with Crippen LogP contribution >= 0.6 is 15.9 Å². The van der Waals surface area contributed by atoms with Gasteiger partial charge in [-0.3, -0.25) is 9.89 Å². The van der Waals surface area contributed by atoms with Crippen LogP contribution in [0.5, 0.6) is 0 Å². The number of ether oxygens (including phenoxy) is 1. The Morgan fingerprint density at radius 2 is 1.88 bits per heavy atom. The molecule has 1 aromatic rings. The Hall–Kier alpha value is -1.11. The van der Waals surface area contributed by atoms with Crippen molar-refractivity contribution in [3.05, 3.63) is 34.3 Å². The number of nitrogens with zero attached hydrogens (tertiary/aromatic N) is 2. The van der Waals surface area contributed by atoms with Crippen molar-refractivity contribution in [2.45, 2.75) is 26.4 Å². The zero-order valence-electron chi connectivity index (χ0n) is 14.9. The summed E-state index contributed by atoms with van der Waals surface area (Å²) in [4.78, 5) is 6.86. The van der Waals surface area contributed by atoms with E-state index in [0.29, 0.717) is 12.0 Å². The van der Waals surface area contributed by atoms with Crippen molar-refractivity contribution in [2.24, 2.45) is 10.9 Å². The zero-order chi connectivity index (χ0) is 17.4. The predicted octanol–water partition coefficient (Wildman–Crippen LogP) is 2.47. The Morgan fingerprint density at radius 1 is 1.21 bits per heavy atom. The van der Waals surface area contributed by atoms with Crippen molar-refractivity contribution in [3.63, 3.8) is 0 Å². The van der Waals surface area contributed by atoms with Gasteiger partial charge in [0.25, 0.3) is 0 Å². The number of hydrogen-bond donors (Lipinski definition) is 2. The highest BCUT2D eigenvalue weighted by Crippen LogP contribution is 2.12. The van der Waals surface area contributed by atoms with Gasteiger partial charge in [-0.15, -0.1) is 0 Å². The molecule has 0 amide bonds. The van der Waals surface area contributed by atoms with Gasteiger partial charge in [-0.2, -0.15) is 0 Å². The quantitative estimate of drug-likeness (QED) is 0.572. The van der Waals surface area contributed by atoms with Gasteiger partial charge in [0.2, 0.25) is 0 Å². The third-order valence-corrected chi connectivity index (χ3v) is 4.89. The standard InChI is InChI=1S/C18H29BrN4O/c1-14(2)17(23-8-10-24-11-9-23)13-22-18(20-3)21-12-15-4-6-16(19)7-5-15/h4-7,14,17H,8-13H2,1-3H3,(H2,20,21,22). The van der Waals surface area contributed by atoms with Crippen LogP contribution in [0.1, 0.15) is 19.4 Å². The fourth-order valence-corrected chi connectivity index (χ4v) is 3.17. The van der Waals surface area contributed by atoms with E-state index in [2.05, 4.69) is 74.6 Å². The second-order valence-corrected chi connectivity index (χ2v) is 7.31. The first-order valence-corrected chi connectivity index (χ1v) is 9.40. The Bertz CT molecular complexity index is 512. The Labute approximate surface area is 154 Å². The summed E-state index contributed by atoms with van der Waals surface area (Å²) >= 11 is 3.46. The monoisotopic (exact) mass is 396 g/mol. The number of aliphatic imine (C=N–C) groups is 1. The molecule has 1 unspecified atom stereocenters. The maximum atomic E-state index is 5.47. The molecule has 2 rings (SSSR count). The largest absolute Gasteiger partial charge is 0.379 e. The molecule has 1 saturated heterocycles. The second-order valence-electron chi connectivity index (χ2n) is 6.39. The average molecular weight is 397 g/mol. The molecule has 1 aliphatic heterocycles. The third kappa shape index (κ3) is 6.07. The molecule has 0 radical (unpaired) electrons. The molecule has 1 aliphatic rings. The number of morpholine rings is 1. The molecule has 24 heavy (non-hydrogen) atoms. The maximum absolute atomic E-state index is 5.47. The van der Waals surface area contributed by atoms with Crippen LogP contribution in [-0.4, -0.2) is 56.8 Å². The van der Waals surface area contributed by atoms with Gasteiger partial charge in [0.05, 0.1) is 13.2 Å². The SMILES string of the molecule is CN=C(NCc1ccc(Br)cc1)NCC(C(C)C)N1CCOCC1. The fraction of sp³-hybridized carbons (Fsp3) is 0.611. The second kappa shape index (κ2) is 10.0. The van der Waals surface area contributed by atoms with Crippen LogP contribution in [0, 0.1) is 5.92 Å². The van der Waals surface area contributed by atoms with Gasteiger partial charge in [-0.1, -0.05) is 41.9 Å². The van der Waals surface area contributed by atoms with Gasteiger partial charge in [0.1, 0.15) is 0 Å². The number of halogens is 1. The topological polar surface area (TPSA) is 48.9 Å². The molecule has 1 fully saturated rings. The molecular weight excluding hydrogens is 368 g/mol. The van der Waals surface area contributed by atoms with E-state index in [9.17, 15) is 0 Å². The Morgan fingerprint density at radius 3 is 2.46 bits per heavy atom. The highest BCUT2D eigenvalue weighted by molar-refractivity contribution is 9.10. The lowest BCUT2D eigenvalue weighted by Gasteiger charge is -2.37. The lowest BCUT2D eigenvalue weighted by molar-refractivity contribution is 0.00752. The van der Waals surface area contributed by atoms with Gasteiger partial charge in [0.15, 0.2) is 5.96 Å². The smallest absolute Gasteiger partial charge is 0.191 e. The minimum Gasteiger partial charge on any atom is -0.379 e. The lowest BCUT2D eigenvalue weighted by Crippen LogP contribution is -2.52. The van der Waals surface area contributed by atoms with Crippen LogP contribution in [0.15, 0.2) is 33.7 Å².